The van der Waals surface area contributed by atoms with Crippen LogP contribution >= 0.6 is 0 Å². The van der Waals surface area contributed by atoms with Gasteiger partial charge in [-0.2, -0.15) is 5.10 Å². The molecule has 27 heavy (non-hydrogen) atoms. The topological polar surface area (TPSA) is 103 Å². The fourth-order valence-electron chi connectivity index (χ4n) is 2.54. The number of rotatable bonds is 5. The summed E-state index contributed by atoms with van der Waals surface area (Å²) in [6.45, 7) is 0. The lowest BCUT2D eigenvalue weighted by atomic mass is 10.0. The van der Waals surface area contributed by atoms with E-state index < -0.39 is 12.0 Å². The maximum Gasteiger partial charge on any atom is 0.343 e. The van der Waals surface area contributed by atoms with Crippen molar-refractivity contribution in [1.29, 1.82) is 0 Å². The third-order valence-corrected chi connectivity index (χ3v) is 3.83. The van der Waals surface area contributed by atoms with Gasteiger partial charge < -0.3 is 15.2 Å². The van der Waals surface area contributed by atoms with Crippen LogP contribution in [0.2, 0.25) is 0 Å². The molecule has 0 fully saturated rings. The van der Waals surface area contributed by atoms with E-state index in [0.29, 0.717) is 22.6 Å². The van der Waals surface area contributed by atoms with Gasteiger partial charge in [-0.05, 0) is 41.1 Å². The summed E-state index contributed by atoms with van der Waals surface area (Å²) >= 11 is 0. The first-order chi connectivity index (χ1) is 13.1. The van der Waals surface area contributed by atoms with Gasteiger partial charge in [0.2, 0.25) is 0 Å². The van der Waals surface area contributed by atoms with Gasteiger partial charge in [0.05, 0.1) is 18.9 Å². The Hall–Kier alpha value is -3.87. The summed E-state index contributed by atoms with van der Waals surface area (Å²) < 4.78 is 10.6. The van der Waals surface area contributed by atoms with Gasteiger partial charge in [0.1, 0.15) is 11.5 Å². The summed E-state index contributed by atoms with van der Waals surface area (Å²) in [6, 6.07) is 16.9. The maximum atomic E-state index is 12.5. The highest BCUT2D eigenvalue weighted by atomic mass is 16.5. The molecule has 0 aliphatic heterocycles. The van der Waals surface area contributed by atoms with Crippen LogP contribution in [0, 0.1) is 0 Å². The molecule has 0 aromatic heterocycles. The molecule has 7 heteroatoms. The Bertz CT molecular complexity index is 1010. The first-order valence-corrected chi connectivity index (χ1v) is 8.05. The normalized spacial score (nSPS) is 10.7. The summed E-state index contributed by atoms with van der Waals surface area (Å²) in [5.41, 5.74) is 8.09. The number of nitrogens with zero attached hydrogens (tertiary/aromatic N) is 1. The van der Waals surface area contributed by atoms with Crippen molar-refractivity contribution in [2.24, 2.45) is 10.8 Å². The van der Waals surface area contributed by atoms with Crippen molar-refractivity contribution in [3.05, 3.63) is 71.8 Å². The molecule has 3 rings (SSSR count). The van der Waals surface area contributed by atoms with Crippen LogP contribution in [0.5, 0.6) is 11.5 Å². The third kappa shape index (κ3) is 4.21. The number of carbonyl (C=O) groups excluding carboxylic acids is 2. The molecule has 0 saturated carbocycles. The number of carbonyl (C=O) groups is 2. The van der Waals surface area contributed by atoms with E-state index in [1.165, 1.54) is 6.21 Å². The van der Waals surface area contributed by atoms with Crippen LogP contribution in [-0.4, -0.2) is 25.3 Å². The van der Waals surface area contributed by atoms with Gasteiger partial charge in [-0.1, -0.05) is 30.3 Å². The molecule has 136 valence electrons. The van der Waals surface area contributed by atoms with E-state index in [2.05, 4.69) is 10.5 Å². The third-order valence-electron chi connectivity index (χ3n) is 3.83. The number of nitrogens with two attached hydrogens (primary N) is 1. The molecule has 3 N–H and O–H groups in total. The number of fused-ring (bicyclic) bond motifs is 1. The minimum absolute atomic E-state index is 0.310. The van der Waals surface area contributed by atoms with E-state index in [9.17, 15) is 9.59 Å². The first kappa shape index (κ1) is 17.9. The number of benzene rings is 3. The number of primary amides is 1. The SMILES string of the molecule is COc1ccc(C(=O)Oc2ccc3ccccc3c2C=NNC(N)=O)cc1. The fourth-order valence-corrected chi connectivity index (χ4v) is 2.54. The summed E-state index contributed by atoms with van der Waals surface area (Å²) in [6.07, 6.45) is 1.39. The molecular formula is C20H17N3O4. The molecule has 7 nitrogen and oxygen atoms in total. The van der Waals surface area contributed by atoms with E-state index in [1.807, 2.05) is 30.3 Å². The molecule has 2 amide bonds. The van der Waals surface area contributed by atoms with E-state index in [0.717, 1.165) is 10.8 Å². The highest BCUT2D eigenvalue weighted by Crippen LogP contribution is 2.27. The number of methoxy groups -OCH3 is 1. The van der Waals surface area contributed by atoms with E-state index in [4.69, 9.17) is 15.2 Å². The van der Waals surface area contributed by atoms with Gasteiger partial charge in [-0.25, -0.2) is 15.0 Å². The van der Waals surface area contributed by atoms with Crippen molar-refractivity contribution in [3.8, 4) is 11.5 Å². The summed E-state index contributed by atoms with van der Waals surface area (Å²) in [4.78, 5) is 23.3. The average molecular weight is 363 g/mol. The zero-order valence-electron chi connectivity index (χ0n) is 14.5. The molecular weight excluding hydrogens is 346 g/mol. The molecule has 0 aliphatic carbocycles. The van der Waals surface area contributed by atoms with Gasteiger partial charge >= 0.3 is 12.0 Å². The summed E-state index contributed by atoms with van der Waals surface area (Å²) in [5, 5.41) is 5.54. The number of esters is 1. The van der Waals surface area contributed by atoms with Crippen molar-refractivity contribution in [1.82, 2.24) is 5.43 Å². The second-order valence-electron chi connectivity index (χ2n) is 5.55. The standard InChI is InChI=1S/C20H17N3O4/c1-26-15-9-6-14(7-10-15)19(24)27-18-11-8-13-4-2-3-5-16(13)17(18)12-22-23-20(21)25/h2-12H,1H3,(H3,21,23,25). The van der Waals surface area contributed by atoms with Gasteiger partial charge in [0.15, 0.2) is 0 Å². The number of urea groups is 1. The van der Waals surface area contributed by atoms with E-state index in [-0.39, 0.29) is 0 Å². The number of amides is 2. The Balaban J connectivity index is 1.95. The maximum absolute atomic E-state index is 12.5. The Morgan fingerprint density at radius 1 is 1.04 bits per heavy atom. The largest absolute Gasteiger partial charge is 0.497 e. The van der Waals surface area contributed by atoms with Crippen LogP contribution in [0.4, 0.5) is 4.79 Å². The molecule has 0 aliphatic rings. The molecule has 0 heterocycles. The number of ether oxygens (including phenoxy) is 2. The minimum Gasteiger partial charge on any atom is -0.497 e. The first-order valence-electron chi connectivity index (χ1n) is 8.05. The highest BCUT2D eigenvalue weighted by molar-refractivity contribution is 6.04. The zero-order chi connectivity index (χ0) is 19.2. The van der Waals surface area contributed by atoms with E-state index >= 15 is 0 Å². The van der Waals surface area contributed by atoms with Crippen molar-refractivity contribution >= 4 is 29.0 Å². The lowest BCUT2D eigenvalue weighted by molar-refractivity contribution is 0.0734. The molecule has 0 unspecified atom stereocenters. The highest BCUT2D eigenvalue weighted by Gasteiger charge is 2.13. The number of hydrogen-bond acceptors (Lipinski definition) is 5. The Kier molecular flexibility index (Phi) is 5.32. The Labute approximate surface area is 155 Å². The van der Waals surface area contributed by atoms with Crippen LogP contribution in [0.3, 0.4) is 0 Å². The van der Waals surface area contributed by atoms with Crippen LogP contribution in [0.1, 0.15) is 15.9 Å². The quantitative estimate of drug-likeness (QED) is 0.315. The average Bonchev–Trinajstić information content (AvgIpc) is 2.69. The lowest BCUT2D eigenvalue weighted by Crippen LogP contribution is -2.24. The van der Waals surface area contributed by atoms with Crippen LogP contribution in [-0.2, 0) is 0 Å². The summed E-state index contributed by atoms with van der Waals surface area (Å²) in [7, 11) is 1.55. The predicted molar refractivity (Wildman–Crippen MR) is 102 cm³/mol. The van der Waals surface area contributed by atoms with Crippen LogP contribution in [0.15, 0.2) is 65.8 Å². The molecule has 0 atom stereocenters. The number of hydrogen-bond donors (Lipinski definition) is 2. The Morgan fingerprint density at radius 3 is 2.48 bits per heavy atom. The van der Waals surface area contributed by atoms with Gasteiger partial charge in [-0.15, -0.1) is 0 Å². The van der Waals surface area contributed by atoms with Gasteiger partial charge in [-0.3, -0.25) is 0 Å². The van der Waals surface area contributed by atoms with Crippen LogP contribution < -0.4 is 20.6 Å². The lowest BCUT2D eigenvalue weighted by Gasteiger charge is -2.10. The predicted octanol–water partition coefficient (Wildman–Crippen LogP) is 3.07. The monoisotopic (exact) mass is 363 g/mol. The van der Waals surface area contributed by atoms with Crippen molar-refractivity contribution in [3.63, 3.8) is 0 Å². The van der Waals surface area contributed by atoms with Crippen molar-refractivity contribution < 1.29 is 19.1 Å². The van der Waals surface area contributed by atoms with Crippen molar-refractivity contribution in [2.45, 2.75) is 0 Å². The van der Waals surface area contributed by atoms with Crippen LogP contribution in [0.25, 0.3) is 10.8 Å². The van der Waals surface area contributed by atoms with Gasteiger partial charge in [0.25, 0.3) is 0 Å². The molecule has 0 radical (unpaired) electrons. The summed E-state index contributed by atoms with van der Waals surface area (Å²) in [5.74, 6) is 0.428. The number of hydrazone groups is 1. The smallest absolute Gasteiger partial charge is 0.343 e. The Morgan fingerprint density at radius 2 is 1.78 bits per heavy atom. The van der Waals surface area contributed by atoms with Crippen molar-refractivity contribution in [2.75, 3.05) is 7.11 Å². The van der Waals surface area contributed by atoms with Gasteiger partial charge in [0, 0.05) is 5.56 Å². The minimum atomic E-state index is -0.789. The fraction of sp³-hybridized carbons (Fsp3) is 0.0500. The molecule has 3 aromatic rings. The molecule has 0 bridgehead atoms. The second kappa shape index (κ2) is 8.01. The van der Waals surface area contributed by atoms with E-state index in [1.54, 1.807) is 37.4 Å². The second-order valence-corrected chi connectivity index (χ2v) is 5.55. The number of nitrogens with one attached hydrogen (secondary N) is 1. The molecule has 0 saturated heterocycles. The zero-order valence-corrected chi connectivity index (χ0v) is 14.5. The molecule has 0 spiro atoms. The molecule has 3 aromatic carbocycles.